The third-order valence-electron chi connectivity index (χ3n) is 3.15. The molecule has 3 rings (SSSR count). The quantitative estimate of drug-likeness (QED) is 0.679. The third-order valence-corrected chi connectivity index (χ3v) is 3.15. The van der Waals surface area contributed by atoms with Crippen molar-refractivity contribution < 1.29 is 14.3 Å². The molecule has 2 aromatic heterocycles. The second kappa shape index (κ2) is 6.30. The lowest BCUT2D eigenvalue weighted by Gasteiger charge is -2.06. The molecular formula is C17H16N2O3. The van der Waals surface area contributed by atoms with Crippen LogP contribution < -0.4 is 4.74 Å². The van der Waals surface area contributed by atoms with Crippen LogP contribution in [-0.4, -0.2) is 22.0 Å². The topological polar surface area (TPSA) is 52.8 Å². The largest absolute Gasteiger partial charge is 0.487 e. The van der Waals surface area contributed by atoms with Gasteiger partial charge in [0.05, 0.1) is 17.9 Å². The second-order valence-corrected chi connectivity index (χ2v) is 4.74. The van der Waals surface area contributed by atoms with Gasteiger partial charge >= 0.3 is 5.97 Å². The van der Waals surface area contributed by atoms with E-state index in [-0.39, 0.29) is 5.97 Å². The van der Waals surface area contributed by atoms with E-state index in [1.165, 1.54) is 0 Å². The number of fused-ring (bicyclic) bond motifs is 1. The molecule has 0 N–H and O–H groups in total. The van der Waals surface area contributed by atoms with Crippen LogP contribution in [0.1, 0.15) is 23.0 Å². The van der Waals surface area contributed by atoms with Gasteiger partial charge in [-0.25, -0.2) is 9.78 Å². The van der Waals surface area contributed by atoms with Crippen molar-refractivity contribution in [3.63, 3.8) is 0 Å². The van der Waals surface area contributed by atoms with Crippen LogP contribution in [-0.2, 0) is 11.3 Å². The van der Waals surface area contributed by atoms with E-state index in [0.29, 0.717) is 24.5 Å². The Morgan fingerprint density at radius 3 is 2.95 bits per heavy atom. The first-order valence-electron chi connectivity index (χ1n) is 7.09. The molecule has 0 aliphatic heterocycles. The summed E-state index contributed by atoms with van der Waals surface area (Å²) in [4.78, 5) is 16.2. The number of aromatic nitrogens is 2. The van der Waals surface area contributed by atoms with Crippen molar-refractivity contribution in [3.8, 4) is 5.75 Å². The van der Waals surface area contributed by atoms with Crippen molar-refractivity contribution in [3.05, 3.63) is 66.1 Å². The number of hydrogen-bond acceptors (Lipinski definition) is 4. The summed E-state index contributed by atoms with van der Waals surface area (Å²) >= 11 is 0. The molecule has 5 heteroatoms. The smallest absolute Gasteiger partial charge is 0.338 e. The number of pyridine rings is 1. The van der Waals surface area contributed by atoms with Crippen LogP contribution in [0.2, 0.25) is 0 Å². The summed E-state index contributed by atoms with van der Waals surface area (Å²) in [6.07, 6.45) is 3.86. The molecule has 0 spiro atoms. The first-order valence-corrected chi connectivity index (χ1v) is 7.09. The zero-order chi connectivity index (χ0) is 15.4. The highest BCUT2D eigenvalue weighted by Gasteiger charge is 2.08. The molecule has 0 fully saturated rings. The Hall–Kier alpha value is -2.82. The molecule has 112 valence electrons. The highest BCUT2D eigenvalue weighted by atomic mass is 16.5. The van der Waals surface area contributed by atoms with Crippen LogP contribution in [0.4, 0.5) is 0 Å². The van der Waals surface area contributed by atoms with Gasteiger partial charge in [0, 0.05) is 12.4 Å². The van der Waals surface area contributed by atoms with Crippen LogP contribution in [0.5, 0.6) is 5.75 Å². The van der Waals surface area contributed by atoms with Gasteiger partial charge in [-0.15, -0.1) is 0 Å². The summed E-state index contributed by atoms with van der Waals surface area (Å²) < 4.78 is 12.6. The molecule has 0 saturated heterocycles. The van der Waals surface area contributed by atoms with E-state index in [1.807, 2.05) is 35.0 Å². The van der Waals surface area contributed by atoms with E-state index in [2.05, 4.69) is 4.98 Å². The number of rotatable bonds is 5. The van der Waals surface area contributed by atoms with Crippen LogP contribution in [0.25, 0.3) is 5.65 Å². The van der Waals surface area contributed by atoms with E-state index in [9.17, 15) is 4.79 Å². The van der Waals surface area contributed by atoms with Crippen molar-refractivity contribution in [2.45, 2.75) is 13.5 Å². The van der Waals surface area contributed by atoms with Crippen LogP contribution in [0.3, 0.4) is 0 Å². The van der Waals surface area contributed by atoms with E-state index in [1.54, 1.807) is 31.2 Å². The molecule has 0 aliphatic carbocycles. The Kier molecular flexibility index (Phi) is 4.05. The van der Waals surface area contributed by atoms with Crippen LogP contribution in [0.15, 0.2) is 54.9 Å². The summed E-state index contributed by atoms with van der Waals surface area (Å²) in [6.45, 7) is 2.47. The minimum atomic E-state index is -0.347. The summed E-state index contributed by atoms with van der Waals surface area (Å²) in [5.74, 6) is 0.267. The molecule has 22 heavy (non-hydrogen) atoms. The van der Waals surface area contributed by atoms with Crippen molar-refractivity contribution in [2.75, 3.05) is 6.61 Å². The molecule has 0 unspecified atom stereocenters. The fourth-order valence-corrected chi connectivity index (χ4v) is 2.14. The maximum absolute atomic E-state index is 11.7. The monoisotopic (exact) mass is 296 g/mol. The van der Waals surface area contributed by atoms with Crippen molar-refractivity contribution >= 4 is 11.6 Å². The van der Waals surface area contributed by atoms with Gasteiger partial charge in [0.15, 0.2) is 0 Å². The van der Waals surface area contributed by atoms with E-state index < -0.39 is 0 Å². The highest BCUT2D eigenvalue weighted by Crippen LogP contribution is 2.16. The number of esters is 1. The number of nitrogens with zero attached hydrogens (tertiary/aromatic N) is 2. The SMILES string of the molecule is CCOC(=O)c1cccc(OCc2cn3ccccc3n2)c1. The molecule has 2 heterocycles. The molecule has 0 atom stereocenters. The predicted molar refractivity (Wildman–Crippen MR) is 81.9 cm³/mol. The molecule has 0 saturated carbocycles. The first-order chi connectivity index (χ1) is 10.8. The van der Waals surface area contributed by atoms with Gasteiger partial charge in [-0.1, -0.05) is 12.1 Å². The number of benzene rings is 1. The second-order valence-electron chi connectivity index (χ2n) is 4.74. The molecule has 0 amide bonds. The number of ether oxygens (including phenoxy) is 2. The van der Waals surface area contributed by atoms with Crippen molar-refractivity contribution in [2.24, 2.45) is 0 Å². The van der Waals surface area contributed by atoms with Gasteiger partial charge < -0.3 is 13.9 Å². The average Bonchev–Trinajstić information content (AvgIpc) is 2.96. The number of hydrogen-bond donors (Lipinski definition) is 0. The van der Waals surface area contributed by atoms with E-state index in [4.69, 9.17) is 9.47 Å². The lowest BCUT2D eigenvalue weighted by Crippen LogP contribution is -2.05. The predicted octanol–water partition coefficient (Wildman–Crippen LogP) is 3.09. The summed E-state index contributed by atoms with van der Waals surface area (Å²) in [7, 11) is 0. The molecule has 0 radical (unpaired) electrons. The average molecular weight is 296 g/mol. The Balaban J connectivity index is 1.70. The van der Waals surface area contributed by atoms with E-state index in [0.717, 1.165) is 11.3 Å². The first kappa shape index (κ1) is 14.1. The maximum atomic E-state index is 11.7. The number of carbonyl (C=O) groups excluding carboxylic acids is 1. The zero-order valence-corrected chi connectivity index (χ0v) is 12.2. The molecule has 1 aromatic carbocycles. The zero-order valence-electron chi connectivity index (χ0n) is 12.2. The van der Waals surface area contributed by atoms with Gasteiger partial charge in [0.25, 0.3) is 0 Å². The molecule has 0 bridgehead atoms. The maximum Gasteiger partial charge on any atom is 0.338 e. The summed E-state index contributed by atoms with van der Waals surface area (Å²) in [5, 5.41) is 0. The minimum absolute atomic E-state index is 0.341. The van der Waals surface area contributed by atoms with E-state index >= 15 is 0 Å². The van der Waals surface area contributed by atoms with Gasteiger partial charge in [-0.05, 0) is 37.3 Å². The van der Waals surface area contributed by atoms with Gasteiger partial charge in [-0.3, -0.25) is 0 Å². The van der Waals surface area contributed by atoms with Crippen molar-refractivity contribution in [1.29, 1.82) is 0 Å². The number of imidazole rings is 1. The Morgan fingerprint density at radius 1 is 1.23 bits per heavy atom. The van der Waals surface area contributed by atoms with Gasteiger partial charge in [0.2, 0.25) is 0 Å². The Morgan fingerprint density at radius 2 is 2.14 bits per heavy atom. The lowest BCUT2D eigenvalue weighted by molar-refractivity contribution is 0.0526. The molecule has 5 nitrogen and oxygen atoms in total. The summed E-state index contributed by atoms with van der Waals surface area (Å²) in [6, 6.07) is 12.8. The summed E-state index contributed by atoms with van der Waals surface area (Å²) in [5.41, 5.74) is 2.18. The third kappa shape index (κ3) is 3.09. The standard InChI is InChI=1S/C17H16N2O3/c1-2-21-17(20)13-6-5-7-15(10-13)22-12-14-11-19-9-4-3-8-16(19)18-14/h3-11H,2,12H2,1H3. The molecule has 3 aromatic rings. The fourth-order valence-electron chi connectivity index (χ4n) is 2.14. The van der Waals surface area contributed by atoms with Crippen LogP contribution >= 0.6 is 0 Å². The molecular weight excluding hydrogens is 280 g/mol. The van der Waals surface area contributed by atoms with Gasteiger partial charge in [0.1, 0.15) is 18.0 Å². The normalized spacial score (nSPS) is 10.6. The van der Waals surface area contributed by atoms with Crippen LogP contribution in [0, 0.1) is 0 Å². The lowest BCUT2D eigenvalue weighted by atomic mass is 10.2. The minimum Gasteiger partial charge on any atom is -0.487 e. The fraction of sp³-hybridized carbons (Fsp3) is 0.176. The number of carbonyl (C=O) groups is 1. The molecule has 0 aliphatic rings. The van der Waals surface area contributed by atoms with Gasteiger partial charge in [-0.2, -0.15) is 0 Å². The Bertz CT molecular complexity index is 762. The van der Waals surface area contributed by atoms with Crippen molar-refractivity contribution in [1.82, 2.24) is 9.38 Å². The Labute approximate surface area is 128 Å². The highest BCUT2D eigenvalue weighted by molar-refractivity contribution is 5.89.